The lowest BCUT2D eigenvalue weighted by Crippen LogP contribution is -2.25. The van der Waals surface area contributed by atoms with E-state index in [1.807, 2.05) is 45.3 Å². The van der Waals surface area contributed by atoms with Crippen LogP contribution >= 0.6 is 68.8 Å². The molecule has 0 fully saturated rings. The van der Waals surface area contributed by atoms with Gasteiger partial charge in [-0.25, -0.2) is 0 Å². The predicted octanol–water partition coefficient (Wildman–Crippen LogP) is 30.1. The second-order valence-electron chi connectivity index (χ2n) is 28.7. The van der Waals surface area contributed by atoms with Crippen molar-refractivity contribution >= 4 is 113 Å². The second kappa shape index (κ2) is 32.7. The van der Waals surface area contributed by atoms with Crippen LogP contribution in [-0.2, 0) is 5.41 Å². The predicted molar refractivity (Wildman–Crippen MR) is 438 cm³/mol. The fourth-order valence-corrected chi connectivity index (χ4v) is 21.5. The SMILES string of the molecule is CCCCCCCCC(CCCCCCCC)n1c2ccc(-c3ccc(-c4ccc(-c5ccc(C)s5)c5nsnc45)s3)cc2c2cc(-c3ccc(-c4ccc(-c5ccc(-c6ccc7c(c6)C(CCCCCCCC)(CCCCCCCC)c6cc(C)ccc6-7)s5)c5nsnc45)s3)ccc21. The van der Waals surface area contributed by atoms with Crippen molar-refractivity contribution in [3.05, 3.63) is 167 Å². The zero-order valence-electron chi connectivity index (χ0n) is 59.4. The van der Waals surface area contributed by atoms with Gasteiger partial charge >= 0.3 is 0 Å². The van der Waals surface area contributed by atoms with E-state index in [4.69, 9.17) is 17.5 Å². The topological polar surface area (TPSA) is 56.5 Å². The lowest BCUT2D eigenvalue weighted by molar-refractivity contribution is 0.398. The van der Waals surface area contributed by atoms with E-state index in [0.717, 1.165) is 33.2 Å². The molecule has 0 aliphatic heterocycles. The molecule has 7 heterocycles. The van der Waals surface area contributed by atoms with Crippen molar-refractivity contribution in [2.75, 3.05) is 0 Å². The van der Waals surface area contributed by atoms with Crippen molar-refractivity contribution in [2.24, 2.45) is 0 Å². The highest BCUT2D eigenvalue weighted by Crippen LogP contribution is 2.56. The van der Waals surface area contributed by atoms with E-state index >= 15 is 0 Å². The highest BCUT2D eigenvalue weighted by Gasteiger charge is 2.42. The van der Waals surface area contributed by atoms with E-state index in [0.29, 0.717) is 6.04 Å². The summed E-state index contributed by atoms with van der Waals surface area (Å²) in [4.78, 5) is 10.1. The summed E-state index contributed by atoms with van der Waals surface area (Å²) in [6.07, 6.45) is 36.6. The van der Waals surface area contributed by atoms with Gasteiger partial charge in [-0.2, -0.15) is 17.5 Å². The van der Waals surface area contributed by atoms with Crippen LogP contribution in [0.5, 0.6) is 0 Å². The van der Waals surface area contributed by atoms with E-state index < -0.39 is 0 Å². The van der Waals surface area contributed by atoms with Crippen molar-refractivity contribution < 1.29 is 0 Å². The van der Waals surface area contributed by atoms with E-state index in [2.05, 4.69) is 192 Å². The Balaban J connectivity index is 0.775. The van der Waals surface area contributed by atoms with Crippen molar-refractivity contribution in [1.29, 1.82) is 0 Å². The molecule has 1 aliphatic carbocycles. The monoisotopic (exact) mass is 1420 g/mol. The summed E-state index contributed by atoms with van der Waals surface area (Å²) >= 11 is 10.1. The van der Waals surface area contributed by atoms with Crippen LogP contribution in [0, 0.1) is 13.8 Å². The first-order valence-corrected chi connectivity index (χ1v) is 42.7. The summed E-state index contributed by atoms with van der Waals surface area (Å²) in [5, 5.41) is 2.68. The van der Waals surface area contributed by atoms with Crippen LogP contribution in [0.2, 0.25) is 0 Å². The van der Waals surface area contributed by atoms with Gasteiger partial charge in [0.1, 0.15) is 22.1 Å². The summed E-state index contributed by atoms with van der Waals surface area (Å²) in [6.45, 7) is 13.8. The molecule has 11 heteroatoms. The molecule has 0 bridgehead atoms. The highest BCUT2D eigenvalue weighted by atomic mass is 32.1. The number of benzene rings is 6. The third kappa shape index (κ3) is 15.0. The van der Waals surface area contributed by atoms with E-state index in [9.17, 15) is 0 Å². The molecule has 5 nitrogen and oxygen atoms in total. The molecule has 6 aromatic carbocycles. The van der Waals surface area contributed by atoms with E-state index in [1.165, 1.54) is 309 Å². The molecule has 512 valence electrons. The number of hydrogen-bond acceptors (Lipinski definition) is 10. The van der Waals surface area contributed by atoms with Crippen molar-refractivity contribution in [2.45, 2.75) is 233 Å². The average Bonchev–Trinajstić information content (AvgIpc) is 1.57. The minimum atomic E-state index is 0.0439. The van der Waals surface area contributed by atoms with Gasteiger partial charge in [0, 0.05) is 94.5 Å². The van der Waals surface area contributed by atoms with Crippen LogP contribution in [-0.4, -0.2) is 22.1 Å². The molecule has 99 heavy (non-hydrogen) atoms. The minimum absolute atomic E-state index is 0.0439. The molecule has 7 aromatic heterocycles. The summed E-state index contributed by atoms with van der Waals surface area (Å²) in [5.74, 6) is 0. The molecule has 13 aromatic rings. The first-order chi connectivity index (χ1) is 48.7. The summed E-state index contributed by atoms with van der Waals surface area (Å²) < 4.78 is 22.7. The lowest BCUT2D eigenvalue weighted by Gasteiger charge is -2.33. The molecule has 14 rings (SSSR count). The van der Waals surface area contributed by atoms with Gasteiger partial charge in [0.25, 0.3) is 0 Å². The third-order valence-electron chi connectivity index (χ3n) is 21.7. The maximum atomic E-state index is 5.09. The molecule has 0 saturated heterocycles. The molecule has 0 unspecified atom stereocenters. The Morgan fingerprint density at radius 3 is 1.09 bits per heavy atom. The smallest absolute Gasteiger partial charge is 0.114 e. The van der Waals surface area contributed by atoms with Gasteiger partial charge in [-0.05, 0) is 157 Å². The Bertz CT molecular complexity index is 4810. The third-order valence-corrected chi connectivity index (χ3v) is 27.3. The lowest BCUT2D eigenvalue weighted by atomic mass is 9.70. The molecule has 0 N–H and O–H groups in total. The molecule has 0 amide bonds. The van der Waals surface area contributed by atoms with Crippen LogP contribution in [0.1, 0.15) is 235 Å². The van der Waals surface area contributed by atoms with Gasteiger partial charge in [0.05, 0.1) is 23.5 Å². The van der Waals surface area contributed by atoms with Gasteiger partial charge < -0.3 is 4.57 Å². The molecular weight excluding hydrogens is 1320 g/mol. The number of aryl methyl sites for hydroxylation is 2. The largest absolute Gasteiger partial charge is 0.337 e. The quantitative estimate of drug-likeness (QED) is 0.0367. The molecule has 0 atom stereocenters. The zero-order chi connectivity index (χ0) is 67.7. The summed E-state index contributed by atoms with van der Waals surface area (Å²) in [5.41, 5.74) is 22.7. The van der Waals surface area contributed by atoms with Gasteiger partial charge in [0.2, 0.25) is 0 Å². The van der Waals surface area contributed by atoms with Gasteiger partial charge in [-0.15, -0.1) is 45.3 Å². The molecule has 0 saturated carbocycles. The van der Waals surface area contributed by atoms with Gasteiger partial charge in [-0.3, -0.25) is 0 Å². The highest BCUT2D eigenvalue weighted by molar-refractivity contribution is 7.20. The number of fused-ring (bicyclic) bond motifs is 8. The first-order valence-electron chi connectivity index (χ1n) is 38.0. The van der Waals surface area contributed by atoms with Crippen LogP contribution < -0.4 is 0 Å². The van der Waals surface area contributed by atoms with Gasteiger partial charge in [0.15, 0.2) is 0 Å². The Hall–Kier alpha value is -6.44. The fraction of sp³-hybridized carbons (Fsp3) is 0.409. The van der Waals surface area contributed by atoms with Crippen LogP contribution in [0.3, 0.4) is 0 Å². The second-order valence-corrected chi connectivity index (χ2v) is 34.3. The maximum Gasteiger partial charge on any atom is 0.114 e. The van der Waals surface area contributed by atoms with Crippen LogP contribution in [0.15, 0.2) is 146 Å². The fourth-order valence-electron chi connectivity index (χ4n) is 16.3. The Labute approximate surface area is 613 Å². The van der Waals surface area contributed by atoms with Crippen LogP contribution in [0.25, 0.3) is 128 Å². The number of aromatic nitrogens is 5. The van der Waals surface area contributed by atoms with Crippen molar-refractivity contribution in [1.82, 2.24) is 22.1 Å². The zero-order valence-corrected chi connectivity index (χ0v) is 64.3. The number of unbranched alkanes of at least 4 members (excludes halogenated alkanes) is 20. The Kier molecular flexibility index (Phi) is 23.0. The molecule has 0 spiro atoms. The standard InChI is InChI=1S/C88H99N5S6/c1-7-11-15-19-23-27-31-64(32-28-24-20-16-12-8-2)93-75-44-36-61(77-47-50-81(95-77)68-41-40-67(80-46-34-60(6)94-80)84-85(68)90-98-89-84)56-71(75)72-57-62(37-45-76(72)93)78-48-51-82(96-78)69-42-43-70(87-86(69)91-99-92-87)83-52-49-79(97-83)63-35-39-66-65-38-33-59(5)55-73(65)88(74(66)58-63,53-29-25-21-17-13-9-3)54-30-26-22-18-14-10-4/h33-52,55-58,64H,7-32,53-54H2,1-6H3. The summed E-state index contributed by atoms with van der Waals surface area (Å²) in [7, 11) is 0. The van der Waals surface area contributed by atoms with Crippen molar-refractivity contribution in [3.8, 4) is 84.2 Å². The number of hydrogen-bond donors (Lipinski definition) is 0. The average molecular weight is 1420 g/mol. The van der Waals surface area contributed by atoms with Crippen molar-refractivity contribution in [3.63, 3.8) is 0 Å². The first kappa shape index (κ1) is 69.6. The van der Waals surface area contributed by atoms with E-state index in [-0.39, 0.29) is 5.41 Å². The molecule has 1 aliphatic rings. The number of nitrogens with zero attached hydrogens (tertiary/aromatic N) is 5. The maximum absolute atomic E-state index is 5.09. The Morgan fingerprint density at radius 2 is 0.667 bits per heavy atom. The molecule has 0 radical (unpaired) electrons. The molecular formula is C88H99N5S6. The number of rotatable bonds is 36. The normalized spacial score (nSPS) is 12.8. The van der Waals surface area contributed by atoms with E-state index in [1.54, 1.807) is 11.1 Å². The Morgan fingerprint density at radius 1 is 0.323 bits per heavy atom. The summed E-state index contributed by atoms with van der Waals surface area (Å²) in [6, 6.07) is 57.6. The number of thiophene rings is 4. The van der Waals surface area contributed by atoms with Gasteiger partial charge in [-0.1, -0.05) is 254 Å². The minimum Gasteiger partial charge on any atom is -0.337 e. The van der Waals surface area contributed by atoms with Crippen LogP contribution in [0.4, 0.5) is 0 Å².